The maximum Gasteiger partial charge on any atom is 0.240 e. The molecule has 1 aliphatic heterocycles. The molecule has 130 valence electrons. The maximum absolute atomic E-state index is 13.1. The number of nitrogens with one attached hydrogen (secondary N) is 1. The molecule has 1 aromatic rings. The van der Waals surface area contributed by atoms with Crippen LogP contribution in [0.3, 0.4) is 0 Å². The summed E-state index contributed by atoms with van der Waals surface area (Å²) < 4.78 is 64.1. The SMILES string of the molecule is CS(=O)(=O)N1CCC(CNS(=O)(=O)c2ccc(F)c(Cl)c2)CC1. The fraction of sp³-hybridized carbons (Fsp3) is 0.538. The van der Waals surface area contributed by atoms with Crippen molar-refractivity contribution in [2.45, 2.75) is 17.7 Å². The molecule has 0 amide bonds. The smallest absolute Gasteiger partial charge is 0.213 e. The Morgan fingerprint density at radius 1 is 1.26 bits per heavy atom. The number of rotatable bonds is 5. The Balaban J connectivity index is 1.94. The number of nitrogens with zero attached hydrogens (tertiary/aromatic N) is 1. The Hall–Kier alpha value is -0.740. The van der Waals surface area contributed by atoms with Gasteiger partial charge in [0, 0.05) is 19.6 Å². The topological polar surface area (TPSA) is 83.6 Å². The third kappa shape index (κ3) is 4.87. The molecular weight excluding hydrogens is 367 g/mol. The molecular formula is C13H18ClFN2O4S2. The van der Waals surface area contributed by atoms with E-state index in [0.717, 1.165) is 24.5 Å². The van der Waals surface area contributed by atoms with Crippen LogP contribution in [0.5, 0.6) is 0 Å². The second-order valence-corrected chi connectivity index (χ2v) is 9.69. The van der Waals surface area contributed by atoms with E-state index in [2.05, 4.69) is 4.72 Å². The van der Waals surface area contributed by atoms with E-state index in [-0.39, 0.29) is 22.4 Å². The molecule has 1 aromatic carbocycles. The lowest BCUT2D eigenvalue weighted by molar-refractivity contribution is 0.275. The summed E-state index contributed by atoms with van der Waals surface area (Å²) in [7, 11) is -6.97. The van der Waals surface area contributed by atoms with Crippen LogP contribution < -0.4 is 4.72 Å². The van der Waals surface area contributed by atoms with Gasteiger partial charge in [0.15, 0.2) is 0 Å². The van der Waals surface area contributed by atoms with Crippen molar-refractivity contribution in [2.75, 3.05) is 25.9 Å². The van der Waals surface area contributed by atoms with Gasteiger partial charge in [-0.25, -0.2) is 30.3 Å². The van der Waals surface area contributed by atoms with Gasteiger partial charge in [-0.15, -0.1) is 0 Å². The number of halogens is 2. The van der Waals surface area contributed by atoms with Crippen LogP contribution >= 0.6 is 11.6 Å². The van der Waals surface area contributed by atoms with Crippen LogP contribution in [0.4, 0.5) is 4.39 Å². The van der Waals surface area contributed by atoms with Gasteiger partial charge in [-0.2, -0.15) is 0 Å². The van der Waals surface area contributed by atoms with Gasteiger partial charge in [0.05, 0.1) is 16.2 Å². The van der Waals surface area contributed by atoms with Gasteiger partial charge in [-0.3, -0.25) is 0 Å². The normalized spacial score (nSPS) is 18.2. The average Bonchev–Trinajstić information content (AvgIpc) is 2.47. The van der Waals surface area contributed by atoms with Crippen molar-refractivity contribution >= 4 is 31.6 Å². The van der Waals surface area contributed by atoms with Crippen LogP contribution in [0.25, 0.3) is 0 Å². The van der Waals surface area contributed by atoms with Crippen LogP contribution in [-0.2, 0) is 20.0 Å². The van der Waals surface area contributed by atoms with Crippen molar-refractivity contribution < 1.29 is 21.2 Å². The molecule has 10 heteroatoms. The number of hydrogen-bond donors (Lipinski definition) is 1. The fourth-order valence-corrected chi connectivity index (χ4v) is 4.66. The first-order chi connectivity index (χ1) is 10.6. The van der Waals surface area contributed by atoms with E-state index in [1.54, 1.807) is 0 Å². The van der Waals surface area contributed by atoms with Crippen molar-refractivity contribution in [3.05, 3.63) is 29.0 Å². The lowest BCUT2D eigenvalue weighted by atomic mass is 9.99. The summed E-state index contributed by atoms with van der Waals surface area (Å²) in [5.41, 5.74) is 0. The molecule has 1 heterocycles. The molecule has 1 N–H and O–H groups in total. The van der Waals surface area contributed by atoms with Gasteiger partial charge < -0.3 is 0 Å². The van der Waals surface area contributed by atoms with Crippen LogP contribution in [0.1, 0.15) is 12.8 Å². The zero-order valence-electron chi connectivity index (χ0n) is 12.5. The highest BCUT2D eigenvalue weighted by Crippen LogP contribution is 2.21. The van der Waals surface area contributed by atoms with E-state index in [4.69, 9.17) is 11.6 Å². The van der Waals surface area contributed by atoms with Gasteiger partial charge in [0.2, 0.25) is 20.0 Å². The second-order valence-electron chi connectivity index (χ2n) is 5.53. The summed E-state index contributed by atoms with van der Waals surface area (Å²) in [5, 5.41) is -0.255. The minimum atomic E-state index is -3.77. The van der Waals surface area contributed by atoms with Gasteiger partial charge in [0.25, 0.3) is 0 Å². The first-order valence-corrected chi connectivity index (χ1v) is 10.7. The third-order valence-electron chi connectivity index (χ3n) is 3.81. The monoisotopic (exact) mass is 384 g/mol. The number of sulfonamides is 2. The van der Waals surface area contributed by atoms with Gasteiger partial charge >= 0.3 is 0 Å². The Kier molecular flexibility index (Phi) is 5.68. The lowest BCUT2D eigenvalue weighted by Crippen LogP contribution is -2.41. The highest BCUT2D eigenvalue weighted by Gasteiger charge is 2.26. The maximum atomic E-state index is 13.1. The predicted octanol–water partition coefficient (Wildman–Crippen LogP) is 1.43. The van der Waals surface area contributed by atoms with Gasteiger partial charge in [-0.1, -0.05) is 11.6 Å². The van der Waals surface area contributed by atoms with E-state index < -0.39 is 25.9 Å². The van der Waals surface area contributed by atoms with Crippen molar-refractivity contribution in [2.24, 2.45) is 5.92 Å². The number of benzene rings is 1. The van der Waals surface area contributed by atoms with E-state index in [0.29, 0.717) is 25.9 Å². The molecule has 2 rings (SSSR count). The highest BCUT2D eigenvalue weighted by molar-refractivity contribution is 7.89. The highest BCUT2D eigenvalue weighted by atomic mass is 35.5. The van der Waals surface area contributed by atoms with E-state index >= 15 is 0 Å². The Labute approximate surface area is 140 Å². The van der Waals surface area contributed by atoms with Crippen molar-refractivity contribution in [1.82, 2.24) is 9.03 Å². The summed E-state index contributed by atoms with van der Waals surface area (Å²) in [6.45, 7) is 0.968. The molecule has 0 aliphatic carbocycles. The van der Waals surface area contributed by atoms with E-state index in [1.807, 2.05) is 0 Å². The molecule has 0 unspecified atom stereocenters. The molecule has 0 bridgehead atoms. The van der Waals surface area contributed by atoms with Crippen molar-refractivity contribution in [1.29, 1.82) is 0 Å². The molecule has 0 spiro atoms. The predicted molar refractivity (Wildman–Crippen MR) is 85.7 cm³/mol. The molecule has 0 aromatic heterocycles. The molecule has 1 fully saturated rings. The van der Waals surface area contributed by atoms with Crippen LogP contribution in [0, 0.1) is 11.7 Å². The van der Waals surface area contributed by atoms with E-state index in [9.17, 15) is 21.2 Å². The van der Waals surface area contributed by atoms with Gasteiger partial charge in [-0.05, 0) is 37.0 Å². The summed E-state index contributed by atoms with van der Waals surface area (Å²) in [4.78, 5) is -0.0996. The lowest BCUT2D eigenvalue weighted by Gasteiger charge is -2.30. The molecule has 0 radical (unpaired) electrons. The van der Waals surface area contributed by atoms with Crippen LogP contribution in [-0.4, -0.2) is 47.0 Å². The zero-order valence-corrected chi connectivity index (χ0v) is 14.9. The quantitative estimate of drug-likeness (QED) is 0.832. The zero-order chi connectivity index (χ0) is 17.3. The Morgan fingerprint density at radius 3 is 2.39 bits per heavy atom. The molecule has 1 aliphatic rings. The third-order valence-corrected chi connectivity index (χ3v) is 6.82. The van der Waals surface area contributed by atoms with Crippen molar-refractivity contribution in [3.8, 4) is 0 Å². The molecule has 1 saturated heterocycles. The molecule has 0 atom stereocenters. The molecule has 23 heavy (non-hydrogen) atoms. The minimum absolute atomic E-state index is 0.0543. The molecule has 6 nitrogen and oxygen atoms in total. The van der Waals surface area contributed by atoms with Crippen LogP contribution in [0.2, 0.25) is 5.02 Å². The van der Waals surface area contributed by atoms with Gasteiger partial charge in [0.1, 0.15) is 5.82 Å². The average molecular weight is 385 g/mol. The largest absolute Gasteiger partial charge is 0.240 e. The van der Waals surface area contributed by atoms with Crippen LogP contribution in [0.15, 0.2) is 23.1 Å². The first kappa shape index (κ1) is 18.6. The Morgan fingerprint density at radius 2 is 1.87 bits per heavy atom. The summed E-state index contributed by atoms with van der Waals surface area (Å²) in [5.74, 6) is -0.627. The fourth-order valence-electron chi connectivity index (χ4n) is 2.40. The number of piperidine rings is 1. The first-order valence-electron chi connectivity index (χ1n) is 6.99. The second kappa shape index (κ2) is 7.02. The summed E-state index contributed by atoms with van der Waals surface area (Å²) >= 11 is 5.60. The molecule has 0 saturated carbocycles. The number of hydrogen-bond acceptors (Lipinski definition) is 4. The minimum Gasteiger partial charge on any atom is -0.213 e. The summed E-state index contributed by atoms with van der Waals surface area (Å²) in [6.07, 6.45) is 2.33. The van der Waals surface area contributed by atoms with Crippen molar-refractivity contribution in [3.63, 3.8) is 0 Å². The van der Waals surface area contributed by atoms with E-state index in [1.165, 1.54) is 4.31 Å². The Bertz CT molecular complexity index is 775. The standard InChI is InChI=1S/C13H18ClFN2O4S2/c1-22(18,19)17-6-4-10(5-7-17)9-16-23(20,21)11-2-3-13(15)12(14)8-11/h2-3,8,10,16H,4-7,9H2,1H3. The summed E-state index contributed by atoms with van der Waals surface area (Å²) in [6, 6.07) is 3.21.